The Morgan fingerprint density at radius 1 is 1.11 bits per heavy atom. The van der Waals surface area contributed by atoms with Crippen LogP contribution < -0.4 is 25.8 Å². The molecule has 0 spiro atoms. The van der Waals surface area contributed by atoms with Gasteiger partial charge in [0.2, 0.25) is 0 Å². The van der Waals surface area contributed by atoms with Crippen molar-refractivity contribution in [3.8, 4) is 11.5 Å². The lowest BCUT2D eigenvalue weighted by molar-refractivity contribution is 0.256. The van der Waals surface area contributed by atoms with Crippen LogP contribution in [0.5, 0.6) is 11.5 Å². The summed E-state index contributed by atoms with van der Waals surface area (Å²) in [5, 5.41) is 7.14. The molecule has 2 aromatic carbocycles. The maximum Gasteiger partial charge on any atom is 0.324 e. The molecule has 184 valence electrons. The summed E-state index contributed by atoms with van der Waals surface area (Å²) in [6.07, 6.45) is 3.17. The van der Waals surface area contributed by atoms with Gasteiger partial charge < -0.3 is 20.5 Å². The summed E-state index contributed by atoms with van der Waals surface area (Å²) in [6, 6.07) is 10.7. The molecule has 35 heavy (non-hydrogen) atoms. The van der Waals surface area contributed by atoms with Crippen LogP contribution in [0.1, 0.15) is 20.8 Å². The second-order valence-electron chi connectivity index (χ2n) is 8.57. The molecule has 10 heteroatoms. The van der Waals surface area contributed by atoms with E-state index in [1.54, 1.807) is 33.4 Å². The van der Waals surface area contributed by atoms with Gasteiger partial charge in [-0.05, 0) is 30.3 Å². The van der Waals surface area contributed by atoms with Crippen LogP contribution in [0.4, 0.5) is 10.5 Å². The number of benzene rings is 2. The highest BCUT2D eigenvalue weighted by atomic mass is 32.2. The first kappa shape index (κ1) is 25.8. The fourth-order valence-corrected chi connectivity index (χ4v) is 3.92. The van der Waals surface area contributed by atoms with E-state index in [2.05, 4.69) is 25.6 Å². The monoisotopic (exact) mass is 494 g/mol. The number of rotatable bonds is 6. The largest absolute Gasteiger partial charge is 0.493 e. The van der Waals surface area contributed by atoms with Crippen molar-refractivity contribution in [3.05, 3.63) is 54.5 Å². The van der Waals surface area contributed by atoms with E-state index in [-0.39, 0.29) is 5.41 Å². The third kappa shape index (κ3) is 6.63. The van der Waals surface area contributed by atoms with Gasteiger partial charge in [-0.2, -0.15) is 0 Å². The van der Waals surface area contributed by atoms with Gasteiger partial charge in [0.15, 0.2) is 11.5 Å². The number of methoxy groups -OCH3 is 2. The highest BCUT2D eigenvalue weighted by molar-refractivity contribution is 7.99. The maximum absolute atomic E-state index is 12.6. The standard InChI is InChI=1S/C25H30N6O3S/c1-25(2,3)21(26)13-22(27-4)31-24(32)30-15-8-7-9-16(10-15)35-23-17-11-19(33-5)20(34-6)12-18(17)28-14-29-23/h7-14H,26H2,1-6H3,(H2,27,30,31,32). The quantitative estimate of drug-likeness (QED) is 0.254. The number of hydrogen-bond acceptors (Lipinski definition) is 8. The number of nitrogens with zero attached hydrogens (tertiary/aromatic N) is 3. The van der Waals surface area contributed by atoms with Gasteiger partial charge in [0.25, 0.3) is 0 Å². The molecule has 0 saturated carbocycles. The van der Waals surface area contributed by atoms with Gasteiger partial charge in [-0.1, -0.05) is 38.6 Å². The number of carbonyl (C=O) groups is 1. The summed E-state index contributed by atoms with van der Waals surface area (Å²) < 4.78 is 10.8. The average Bonchev–Trinajstić information content (AvgIpc) is 2.82. The van der Waals surface area contributed by atoms with E-state index in [4.69, 9.17) is 15.2 Å². The minimum atomic E-state index is -0.421. The molecule has 0 atom stereocenters. The fourth-order valence-electron chi connectivity index (χ4n) is 2.99. The van der Waals surface area contributed by atoms with Crippen molar-refractivity contribution >= 4 is 40.2 Å². The number of hydrogen-bond donors (Lipinski definition) is 3. The highest BCUT2D eigenvalue weighted by Crippen LogP contribution is 2.37. The van der Waals surface area contributed by atoms with Crippen LogP contribution >= 0.6 is 11.8 Å². The Bertz CT molecular complexity index is 1280. The zero-order chi connectivity index (χ0) is 25.6. The van der Waals surface area contributed by atoms with Crippen LogP contribution in [0.2, 0.25) is 0 Å². The van der Waals surface area contributed by atoms with Gasteiger partial charge in [-0.3, -0.25) is 10.3 Å². The van der Waals surface area contributed by atoms with E-state index in [9.17, 15) is 4.79 Å². The van der Waals surface area contributed by atoms with E-state index in [0.717, 1.165) is 20.8 Å². The first-order chi connectivity index (χ1) is 16.6. The zero-order valence-electron chi connectivity index (χ0n) is 20.7. The zero-order valence-corrected chi connectivity index (χ0v) is 21.5. The van der Waals surface area contributed by atoms with Crippen LogP contribution in [0, 0.1) is 5.41 Å². The second kappa shape index (κ2) is 11.1. The van der Waals surface area contributed by atoms with Crippen molar-refractivity contribution in [2.45, 2.75) is 30.7 Å². The lowest BCUT2D eigenvalue weighted by Crippen LogP contribution is -2.34. The molecule has 0 aliphatic rings. The minimum absolute atomic E-state index is 0.236. The molecule has 0 bridgehead atoms. The van der Waals surface area contributed by atoms with Gasteiger partial charge in [-0.15, -0.1) is 0 Å². The molecule has 9 nitrogen and oxygen atoms in total. The highest BCUT2D eigenvalue weighted by Gasteiger charge is 2.16. The number of nitrogens with one attached hydrogen (secondary N) is 2. The number of allylic oxidation sites excluding steroid dienone is 1. The molecule has 0 aliphatic heterocycles. The Kier molecular flexibility index (Phi) is 8.18. The van der Waals surface area contributed by atoms with E-state index < -0.39 is 6.03 Å². The first-order valence-corrected chi connectivity index (χ1v) is 11.6. The average molecular weight is 495 g/mol. The van der Waals surface area contributed by atoms with Gasteiger partial charge in [-0.25, -0.2) is 14.8 Å². The molecule has 4 N–H and O–H groups in total. The van der Waals surface area contributed by atoms with Crippen LogP contribution in [-0.2, 0) is 0 Å². The van der Waals surface area contributed by atoms with E-state index >= 15 is 0 Å². The fraction of sp³-hybridized carbons (Fsp3) is 0.280. The predicted octanol–water partition coefficient (Wildman–Crippen LogP) is 4.84. The Labute approximate surface area is 209 Å². The maximum atomic E-state index is 12.6. The topological polar surface area (TPSA) is 124 Å². The van der Waals surface area contributed by atoms with E-state index in [0.29, 0.717) is 28.7 Å². The van der Waals surface area contributed by atoms with Crippen LogP contribution in [-0.4, -0.2) is 43.1 Å². The number of fused-ring (bicyclic) bond motifs is 1. The van der Waals surface area contributed by atoms with Crippen molar-refractivity contribution in [2.24, 2.45) is 16.1 Å². The summed E-state index contributed by atoms with van der Waals surface area (Å²) in [5.74, 6) is 1.57. The number of ether oxygens (including phenoxy) is 2. The molecule has 3 aromatic rings. The van der Waals surface area contributed by atoms with Gasteiger partial charge in [0, 0.05) is 40.2 Å². The summed E-state index contributed by atoms with van der Waals surface area (Å²) >= 11 is 1.45. The van der Waals surface area contributed by atoms with Gasteiger partial charge >= 0.3 is 6.03 Å². The van der Waals surface area contributed by atoms with Gasteiger partial charge in [0.1, 0.15) is 17.2 Å². The molecule has 0 unspecified atom stereocenters. The summed E-state index contributed by atoms with van der Waals surface area (Å²) in [7, 11) is 4.76. The lowest BCUT2D eigenvalue weighted by atomic mass is 9.92. The molecular weight excluding hydrogens is 464 g/mol. The first-order valence-electron chi connectivity index (χ1n) is 10.8. The summed E-state index contributed by atoms with van der Waals surface area (Å²) in [6.45, 7) is 5.97. The number of aromatic nitrogens is 2. The predicted molar refractivity (Wildman–Crippen MR) is 140 cm³/mol. The third-order valence-electron chi connectivity index (χ3n) is 5.05. The molecule has 0 aliphatic carbocycles. The van der Waals surface area contributed by atoms with Crippen molar-refractivity contribution < 1.29 is 14.3 Å². The van der Waals surface area contributed by atoms with Gasteiger partial charge in [0.05, 0.1) is 19.7 Å². The van der Waals surface area contributed by atoms with Crippen molar-refractivity contribution in [1.29, 1.82) is 0 Å². The molecule has 0 saturated heterocycles. The molecule has 1 heterocycles. The molecule has 0 radical (unpaired) electrons. The number of nitrogens with two attached hydrogens (primary N) is 1. The van der Waals surface area contributed by atoms with E-state index in [1.165, 1.54) is 18.1 Å². The normalized spacial score (nSPS) is 12.4. The Balaban J connectivity index is 1.78. The number of anilines is 1. The molecular formula is C25H30N6O3S. The van der Waals surface area contributed by atoms with Crippen LogP contribution in [0.3, 0.4) is 0 Å². The molecule has 1 aromatic heterocycles. The lowest BCUT2D eigenvalue weighted by Gasteiger charge is -2.19. The van der Waals surface area contributed by atoms with Crippen LogP contribution in [0.25, 0.3) is 10.9 Å². The number of urea groups is 1. The third-order valence-corrected chi connectivity index (χ3v) is 6.06. The molecule has 3 rings (SSSR count). The SMILES string of the molecule is CN=C(C=C(N)C(C)(C)C)NC(=O)Nc1cccc(Sc2ncnc3cc(OC)c(OC)cc23)c1. The number of amidine groups is 1. The van der Waals surface area contributed by atoms with E-state index in [1.807, 2.05) is 51.1 Å². The number of aliphatic imine (C=N–C) groups is 1. The van der Waals surface area contributed by atoms with Crippen molar-refractivity contribution in [3.63, 3.8) is 0 Å². The Morgan fingerprint density at radius 3 is 2.49 bits per heavy atom. The van der Waals surface area contributed by atoms with Crippen molar-refractivity contribution in [1.82, 2.24) is 15.3 Å². The summed E-state index contributed by atoms with van der Waals surface area (Å²) in [5.41, 5.74) is 7.84. The smallest absolute Gasteiger partial charge is 0.324 e. The second-order valence-corrected chi connectivity index (χ2v) is 9.63. The Morgan fingerprint density at radius 2 is 1.83 bits per heavy atom. The van der Waals surface area contributed by atoms with Crippen molar-refractivity contribution in [2.75, 3.05) is 26.6 Å². The summed E-state index contributed by atoms with van der Waals surface area (Å²) in [4.78, 5) is 26.3. The Hall–Kier alpha value is -3.79. The van der Waals surface area contributed by atoms with Crippen LogP contribution in [0.15, 0.2) is 69.4 Å². The number of carbonyl (C=O) groups excluding carboxylic acids is 1. The minimum Gasteiger partial charge on any atom is -0.493 e. The molecule has 2 amide bonds. The molecule has 0 fully saturated rings. The number of amides is 2.